The van der Waals surface area contributed by atoms with E-state index in [4.69, 9.17) is 17.0 Å². The van der Waals surface area contributed by atoms with Crippen LogP contribution in [0.15, 0.2) is 40.0 Å². The van der Waals surface area contributed by atoms with Crippen LogP contribution in [0.5, 0.6) is 0 Å². The summed E-state index contributed by atoms with van der Waals surface area (Å²) in [6, 6.07) is 12.1. The first-order valence-corrected chi connectivity index (χ1v) is 13.5. The highest BCUT2D eigenvalue weighted by Gasteiger charge is 2.33. The third kappa shape index (κ3) is 5.41. The van der Waals surface area contributed by atoms with Gasteiger partial charge in [-0.3, -0.25) is 19.1 Å². The molecule has 0 aliphatic carbocycles. The maximum atomic E-state index is 13.4. The van der Waals surface area contributed by atoms with Gasteiger partial charge in [0.25, 0.3) is 11.5 Å². The predicted octanol–water partition coefficient (Wildman–Crippen LogP) is 4.11. The lowest BCUT2D eigenvalue weighted by molar-refractivity contribution is -0.122. The highest BCUT2D eigenvalue weighted by atomic mass is 32.2. The van der Waals surface area contributed by atoms with E-state index in [1.165, 1.54) is 11.8 Å². The van der Waals surface area contributed by atoms with Crippen molar-refractivity contribution in [2.24, 2.45) is 0 Å². The molecule has 0 saturated carbocycles. The van der Waals surface area contributed by atoms with Crippen LogP contribution in [0.2, 0.25) is 0 Å². The lowest BCUT2D eigenvalue weighted by atomic mass is 10.0. The fraction of sp³-hybridized carbons (Fsp3) is 0.407. The number of unbranched alkanes of at least 4 members (excludes halogenated alkanes) is 1. The van der Waals surface area contributed by atoms with Crippen molar-refractivity contribution in [1.29, 1.82) is 5.26 Å². The number of hydrogen-bond donors (Lipinski definition) is 0. The number of carbonyl (C=O) groups is 1. The minimum absolute atomic E-state index is 0.119. The van der Waals surface area contributed by atoms with Crippen LogP contribution in [0.4, 0.5) is 5.82 Å². The first kappa shape index (κ1) is 26.1. The zero-order valence-electron chi connectivity index (χ0n) is 20.7. The Labute approximate surface area is 221 Å². The van der Waals surface area contributed by atoms with Crippen LogP contribution in [0.25, 0.3) is 6.08 Å². The number of rotatable bonds is 8. The maximum absolute atomic E-state index is 13.4. The molecule has 0 radical (unpaired) electrons. The second kappa shape index (κ2) is 11.9. The summed E-state index contributed by atoms with van der Waals surface area (Å²) in [4.78, 5) is 31.0. The maximum Gasteiger partial charge on any atom is 0.270 e. The number of aromatic nitrogens is 1. The SMILES string of the molecule is CCCCn1c(N2CCOCC2)c(/C=C2/SC(=S)N(CCc3ccccc3)C2=O)c(C)c(C#N)c1=O. The Balaban J connectivity index is 1.76. The third-order valence-corrected chi connectivity index (χ3v) is 7.89. The molecule has 1 aromatic heterocycles. The van der Waals surface area contributed by atoms with Crippen LogP contribution < -0.4 is 10.5 Å². The van der Waals surface area contributed by atoms with E-state index < -0.39 is 0 Å². The topological polar surface area (TPSA) is 78.6 Å². The molecule has 36 heavy (non-hydrogen) atoms. The molecule has 7 nitrogen and oxygen atoms in total. The van der Waals surface area contributed by atoms with Gasteiger partial charge < -0.3 is 9.64 Å². The van der Waals surface area contributed by atoms with E-state index in [9.17, 15) is 14.9 Å². The number of nitriles is 1. The fourth-order valence-corrected chi connectivity index (χ4v) is 5.78. The van der Waals surface area contributed by atoms with Gasteiger partial charge >= 0.3 is 0 Å². The van der Waals surface area contributed by atoms with Crippen LogP contribution in [0, 0.1) is 18.3 Å². The average Bonchev–Trinajstić information content (AvgIpc) is 3.16. The van der Waals surface area contributed by atoms with Gasteiger partial charge in [0.15, 0.2) is 0 Å². The summed E-state index contributed by atoms with van der Waals surface area (Å²) in [6.07, 6.45) is 4.26. The number of benzene rings is 1. The van der Waals surface area contributed by atoms with Gasteiger partial charge in [-0.1, -0.05) is 67.7 Å². The van der Waals surface area contributed by atoms with Crippen LogP contribution in [0.1, 0.15) is 42.0 Å². The van der Waals surface area contributed by atoms with Crippen LogP contribution in [-0.2, 0) is 22.5 Å². The number of nitrogens with zero attached hydrogens (tertiary/aromatic N) is 4. The normalized spacial score (nSPS) is 17.2. The smallest absolute Gasteiger partial charge is 0.270 e. The first-order chi connectivity index (χ1) is 17.5. The van der Waals surface area contributed by atoms with E-state index in [1.54, 1.807) is 16.4 Å². The summed E-state index contributed by atoms with van der Waals surface area (Å²) in [5.41, 5.74) is 2.30. The summed E-state index contributed by atoms with van der Waals surface area (Å²) < 4.78 is 7.78. The van der Waals surface area contributed by atoms with Crippen molar-refractivity contribution in [1.82, 2.24) is 9.47 Å². The molecule has 0 spiro atoms. The fourth-order valence-electron chi connectivity index (χ4n) is 4.49. The lowest BCUT2D eigenvalue weighted by Gasteiger charge is -2.33. The van der Waals surface area contributed by atoms with Crippen molar-refractivity contribution in [3.8, 4) is 6.07 Å². The van der Waals surface area contributed by atoms with Gasteiger partial charge in [-0.05, 0) is 37.0 Å². The van der Waals surface area contributed by atoms with Crippen molar-refractivity contribution in [2.75, 3.05) is 37.7 Å². The summed E-state index contributed by atoms with van der Waals surface area (Å²) >= 11 is 6.83. The molecule has 0 atom stereocenters. The van der Waals surface area contributed by atoms with Gasteiger partial charge in [0, 0.05) is 31.7 Å². The molecule has 9 heteroatoms. The van der Waals surface area contributed by atoms with Crippen molar-refractivity contribution < 1.29 is 9.53 Å². The van der Waals surface area contributed by atoms with E-state index in [2.05, 4.69) is 17.9 Å². The van der Waals surface area contributed by atoms with Gasteiger partial charge in [0.05, 0.1) is 18.1 Å². The second-order valence-corrected chi connectivity index (χ2v) is 10.5. The lowest BCUT2D eigenvalue weighted by Crippen LogP contribution is -2.41. The molecule has 2 saturated heterocycles. The molecule has 3 heterocycles. The number of pyridine rings is 1. The standard InChI is InChI=1S/C27H30N4O3S2/c1-3-4-11-30-24(29-13-15-34-16-14-29)21(19(2)22(18-28)25(30)32)17-23-26(33)31(27(35)36-23)12-10-20-8-6-5-7-9-20/h5-9,17H,3-4,10-16H2,1-2H3/b23-17+. The van der Waals surface area contributed by atoms with Gasteiger partial charge in [0.1, 0.15) is 21.8 Å². The molecule has 0 unspecified atom stereocenters. The number of thiocarbonyl (C=S) groups is 1. The number of hydrogen-bond acceptors (Lipinski definition) is 7. The molecule has 4 rings (SSSR count). The Hall–Kier alpha value is -2.93. The summed E-state index contributed by atoms with van der Waals surface area (Å²) in [6.45, 7) is 7.25. The first-order valence-electron chi connectivity index (χ1n) is 12.3. The highest BCUT2D eigenvalue weighted by molar-refractivity contribution is 8.26. The zero-order chi connectivity index (χ0) is 25.7. The third-order valence-electron chi connectivity index (χ3n) is 6.51. The van der Waals surface area contributed by atoms with Crippen molar-refractivity contribution in [2.45, 2.75) is 39.7 Å². The minimum atomic E-state index is -0.280. The molecule has 188 valence electrons. The molecule has 1 aromatic carbocycles. The minimum Gasteiger partial charge on any atom is -0.378 e. The van der Waals surface area contributed by atoms with Gasteiger partial charge in [-0.15, -0.1) is 0 Å². The Morgan fingerprint density at radius 3 is 2.56 bits per heavy atom. The monoisotopic (exact) mass is 522 g/mol. The van der Waals surface area contributed by atoms with E-state index in [1.807, 2.05) is 36.4 Å². The second-order valence-electron chi connectivity index (χ2n) is 8.83. The Morgan fingerprint density at radius 1 is 1.17 bits per heavy atom. The number of ether oxygens (including phenoxy) is 1. The Bertz CT molecular complexity index is 1270. The number of carbonyl (C=O) groups excluding carboxylic acids is 1. The Morgan fingerprint density at radius 2 is 1.89 bits per heavy atom. The van der Waals surface area contributed by atoms with E-state index >= 15 is 0 Å². The molecule has 2 aliphatic rings. The van der Waals surface area contributed by atoms with Gasteiger partial charge in [-0.25, -0.2) is 0 Å². The van der Waals surface area contributed by atoms with E-state index in [0.29, 0.717) is 60.6 Å². The Kier molecular flexibility index (Phi) is 8.62. The predicted molar refractivity (Wildman–Crippen MR) is 148 cm³/mol. The van der Waals surface area contributed by atoms with E-state index in [0.717, 1.165) is 29.8 Å². The molecule has 0 bridgehead atoms. The van der Waals surface area contributed by atoms with E-state index in [-0.39, 0.29) is 17.0 Å². The summed E-state index contributed by atoms with van der Waals surface area (Å²) in [5.74, 6) is 0.612. The molecule has 1 amide bonds. The van der Waals surface area contributed by atoms with Gasteiger partial charge in [0.2, 0.25) is 0 Å². The molecule has 2 aliphatic heterocycles. The van der Waals surface area contributed by atoms with Crippen LogP contribution in [0.3, 0.4) is 0 Å². The largest absolute Gasteiger partial charge is 0.378 e. The van der Waals surface area contributed by atoms with Crippen molar-refractivity contribution >= 4 is 46.1 Å². The number of amides is 1. The molecule has 0 N–H and O–H groups in total. The highest BCUT2D eigenvalue weighted by Crippen LogP contribution is 2.36. The average molecular weight is 523 g/mol. The molecular weight excluding hydrogens is 492 g/mol. The molecular formula is C27H30N4O3S2. The number of morpholine rings is 1. The number of anilines is 1. The summed E-state index contributed by atoms with van der Waals surface area (Å²) in [7, 11) is 0. The van der Waals surface area contributed by atoms with Gasteiger partial charge in [-0.2, -0.15) is 5.26 Å². The van der Waals surface area contributed by atoms with Crippen LogP contribution in [-0.4, -0.2) is 52.5 Å². The molecule has 2 fully saturated rings. The van der Waals surface area contributed by atoms with Crippen molar-refractivity contribution in [3.63, 3.8) is 0 Å². The van der Waals surface area contributed by atoms with Crippen molar-refractivity contribution in [3.05, 3.63) is 67.8 Å². The molecule has 2 aromatic rings. The summed E-state index contributed by atoms with van der Waals surface area (Å²) in [5, 5.41) is 9.83. The van der Waals surface area contributed by atoms with Crippen LogP contribution >= 0.6 is 24.0 Å². The number of thioether (sulfide) groups is 1. The quantitative estimate of drug-likeness (QED) is 0.381. The zero-order valence-corrected chi connectivity index (χ0v) is 22.3.